The number of aliphatic hydroxyl groups excluding tert-OH is 1. The van der Waals surface area contributed by atoms with Gasteiger partial charge in [0.1, 0.15) is 4.90 Å². The molecule has 1 aromatic heterocycles. The minimum absolute atomic E-state index is 0.0846. The summed E-state index contributed by atoms with van der Waals surface area (Å²) in [5.74, 6) is 0. The van der Waals surface area contributed by atoms with Crippen LogP contribution in [0.15, 0.2) is 17.3 Å². The molecular weight excluding hydrogens is 270 g/mol. The number of hydrogen-bond acceptors (Lipinski definition) is 5. The predicted molar refractivity (Wildman–Crippen MR) is 70.2 cm³/mol. The molecule has 0 spiro atoms. The Hall–Kier alpha value is -0.960. The molecule has 110 valence electrons. The number of aromatic nitrogens is 2. The topological polar surface area (TPSA) is 84.7 Å². The van der Waals surface area contributed by atoms with Gasteiger partial charge < -0.3 is 9.84 Å². The minimum Gasteiger partial charge on any atom is -0.394 e. The van der Waals surface area contributed by atoms with Crippen molar-refractivity contribution in [1.29, 1.82) is 0 Å². The van der Waals surface area contributed by atoms with E-state index in [-0.39, 0.29) is 24.1 Å². The molecule has 0 aliphatic carbocycles. The Kier molecular flexibility index (Phi) is 5.92. The summed E-state index contributed by atoms with van der Waals surface area (Å²) >= 11 is 0. The van der Waals surface area contributed by atoms with Gasteiger partial charge in [-0.05, 0) is 13.8 Å². The molecule has 0 amide bonds. The van der Waals surface area contributed by atoms with Gasteiger partial charge in [0.15, 0.2) is 0 Å². The molecule has 0 bridgehead atoms. The molecule has 0 radical (unpaired) electrons. The van der Waals surface area contributed by atoms with E-state index in [0.29, 0.717) is 13.2 Å². The van der Waals surface area contributed by atoms with Crippen LogP contribution in [0.2, 0.25) is 0 Å². The van der Waals surface area contributed by atoms with Crippen LogP contribution >= 0.6 is 0 Å². The smallest absolute Gasteiger partial charge is 0.246 e. The minimum atomic E-state index is -3.58. The molecule has 1 rings (SSSR count). The third kappa shape index (κ3) is 4.00. The number of methoxy groups -OCH3 is 1. The third-order valence-corrected chi connectivity index (χ3v) is 4.67. The molecule has 0 saturated carbocycles. The summed E-state index contributed by atoms with van der Waals surface area (Å²) in [7, 11) is -2.05. The van der Waals surface area contributed by atoms with E-state index in [0.717, 1.165) is 0 Å². The molecule has 0 fully saturated rings. The second-order valence-corrected chi connectivity index (χ2v) is 6.26. The van der Waals surface area contributed by atoms with Gasteiger partial charge in [0.05, 0.1) is 26.0 Å². The molecule has 1 aromatic rings. The Balaban J connectivity index is 2.97. The monoisotopic (exact) mass is 291 g/mol. The van der Waals surface area contributed by atoms with Crippen LogP contribution in [-0.2, 0) is 21.3 Å². The maximum absolute atomic E-state index is 12.5. The number of nitrogens with zero attached hydrogens (tertiary/aromatic N) is 3. The summed E-state index contributed by atoms with van der Waals surface area (Å²) in [5, 5.41) is 12.7. The van der Waals surface area contributed by atoms with E-state index in [1.165, 1.54) is 28.5 Å². The standard InChI is InChI=1S/C11H21N3O4S/c1-10(2)14(5-7-18-3)19(16,17)11-8-12-13(9-11)4-6-15/h8-10,15H,4-7H2,1-3H3. The maximum Gasteiger partial charge on any atom is 0.246 e. The van der Waals surface area contributed by atoms with Crippen LogP contribution in [0.4, 0.5) is 0 Å². The molecule has 8 heteroatoms. The molecule has 0 atom stereocenters. The largest absolute Gasteiger partial charge is 0.394 e. The summed E-state index contributed by atoms with van der Waals surface area (Å²) in [5.41, 5.74) is 0. The first kappa shape index (κ1) is 16.1. The number of ether oxygens (including phenoxy) is 1. The normalized spacial score (nSPS) is 12.5. The average Bonchev–Trinajstić information content (AvgIpc) is 2.78. The molecule has 0 saturated heterocycles. The first-order chi connectivity index (χ1) is 8.93. The number of rotatable bonds is 8. The first-order valence-electron chi connectivity index (χ1n) is 6.07. The van der Waals surface area contributed by atoms with Crippen molar-refractivity contribution < 1.29 is 18.3 Å². The molecule has 1 N–H and O–H groups in total. The number of aliphatic hydroxyl groups is 1. The predicted octanol–water partition coefficient (Wildman–Crippen LogP) is -0.0791. The average molecular weight is 291 g/mol. The van der Waals surface area contributed by atoms with Crippen molar-refractivity contribution in [2.24, 2.45) is 0 Å². The van der Waals surface area contributed by atoms with Crippen molar-refractivity contribution >= 4 is 10.0 Å². The van der Waals surface area contributed by atoms with Crippen LogP contribution in [0.25, 0.3) is 0 Å². The van der Waals surface area contributed by atoms with E-state index in [1.54, 1.807) is 0 Å². The maximum atomic E-state index is 12.5. The van der Waals surface area contributed by atoms with Crippen LogP contribution < -0.4 is 0 Å². The van der Waals surface area contributed by atoms with Crippen LogP contribution in [-0.4, -0.2) is 60.5 Å². The second-order valence-electron chi connectivity index (χ2n) is 4.37. The molecular formula is C11H21N3O4S. The molecule has 0 aromatic carbocycles. The van der Waals surface area contributed by atoms with Crippen molar-refractivity contribution in [3.05, 3.63) is 12.4 Å². The fraction of sp³-hybridized carbons (Fsp3) is 0.727. The lowest BCUT2D eigenvalue weighted by molar-refractivity contribution is 0.171. The van der Waals surface area contributed by atoms with Crippen molar-refractivity contribution in [2.45, 2.75) is 31.3 Å². The molecule has 19 heavy (non-hydrogen) atoms. The highest BCUT2D eigenvalue weighted by Gasteiger charge is 2.27. The lowest BCUT2D eigenvalue weighted by atomic mass is 10.4. The van der Waals surface area contributed by atoms with Crippen LogP contribution in [0.3, 0.4) is 0 Å². The highest BCUT2D eigenvalue weighted by atomic mass is 32.2. The van der Waals surface area contributed by atoms with Gasteiger partial charge in [-0.1, -0.05) is 0 Å². The van der Waals surface area contributed by atoms with Gasteiger partial charge in [-0.25, -0.2) is 8.42 Å². The van der Waals surface area contributed by atoms with Crippen molar-refractivity contribution in [1.82, 2.24) is 14.1 Å². The molecule has 1 heterocycles. The Morgan fingerprint density at radius 3 is 2.74 bits per heavy atom. The second kappa shape index (κ2) is 6.99. The highest BCUT2D eigenvalue weighted by molar-refractivity contribution is 7.89. The van der Waals surface area contributed by atoms with Crippen molar-refractivity contribution in [3.8, 4) is 0 Å². The van der Waals surface area contributed by atoms with E-state index in [9.17, 15) is 8.42 Å². The van der Waals surface area contributed by atoms with E-state index >= 15 is 0 Å². The van der Waals surface area contributed by atoms with Crippen LogP contribution in [0.5, 0.6) is 0 Å². The number of hydrogen-bond donors (Lipinski definition) is 1. The van der Waals surface area contributed by atoms with Gasteiger partial charge in [-0.3, -0.25) is 4.68 Å². The van der Waals surface area contributed by atoms with E-state index in [1.807, 2.05) is 13.8 Å². The van der Waals surface area contributed by atoms with Gasteiger partial charge in [0.2, 0.25) is 10.0 Å². The van der Waals surface area contributed by atoms with E-state index in [2.05, 4.69) is 5.10 Å². The summed E-state index contributed by atoms with van der Waals surface area (Å²) in [6, 6.07) is -0.165. The van der Waals surface area contributed by atoms with E-state index < -0.39 is 10.0 Å². The Labute approximate surface area is 113 Å². The van der Waals surface area contributed by atoms with Crippen molar-refractivity contribution in [2.75, 3.05) is 26.9 Å². The van der Waals surface area contributed by atoms with Crippen LogP contribution in [0, 0.1) is 0 Å². The zero-order valence-corrected chi connectivity index (χ0v) is 12.3. The van der Waals surface area contributed by atoms with Gasteiger partial charge >= 0.3 is 0 Å². The molecule has 7 nitrogen and oxygen atoms in total. The fourth-order valence-corrected chi connectivity index (χ4v) is 3.25. The summed E-state index contributed by atoms with van der Waals surface area (Å²) in [6.45, 7) is 4.44. The lowest BCUT2D eigenvalue weighted by Gasteiger charge is -2.24. The first-order valence-corrected chi connectivity index (χ1v) is 7.51. The van der Waals surface area contributed by atoms with Gasteiger partial charge in [0, 0.05) is 25.9 Å². The van der Waals surface area contributed by atoms with E-state index in [4.69, 9.17) is 9.84 Å². The van der Waals surface area contributed by atoms with Crippen molar-refractivity contribution in [3.63, 3.8) is 0 Å². The van der Waals surface area contributed by atoms with Gasteiger partial charge in [0.25, 0.3) is 0 Å². The highest BCUT2D eigenvalue weighted by Crippen LogP contribution is 2.17. The Morgan fingerprint density at radius 1 is 1.53 bits per heavy atom. The summed E-state index contributed by atoms with van der Waals surface area (Å²) < 4.78 is 32.6. The van der Waals surface area contributed by atoms with Gasteiger partial charge in [-0.15, -0.1) is 0 Å². The third-order valence-electron chi connectivity index (χ3n) is 2.64. The lowest BCUT2D eigenvalue weighted by Crippen LogP contribution is -2.39. The summed E-state index contributed by atoms with van der Waals surface area (Å²) in [6.07, 6.45) is 2.72. The zero-order chi connectivity index (χ0) is 14.5. The van der Waals surface area contributed by atoms with Crippen LogP contribution in [0.1, 0.15) is 13.8 Å². The molecule has 0 aliphatic heterocycles. The fourth-order valence-electron chi connectivity index (χ4n) is 1.68. The van der Waals surface area contributed by atoms with Gasteiger partial charge in [-0.2, -0.15) is 9.40 Å². The molecule has 0 unspecified atom stereocenters. The number of sulfonamides is 1. The molecule has 0 aliphatic rings. The zero-order valence-electron chi connectivity index (χ0n) is 11.5. The SMILES string of the molecule is COCCN(C(C)C)S(=O)(=O)c1cnn(CCO)c1. The Bertz CT molecular complexity index is 484. The Morgan fingerprint density at radius 2 is 2.21 bits per heavy atom. The summed E-state index contributed by atoms with van der Waals surface area (Å²) in [4.78, 5) is 0.130. The quantitative estimate of drug-likeness (QED) is 0.724.